The lowest BCUT2D eigenvalue weighted by atomic mass is 10.2. The monoisotopic (exact) mass is 269 g/mol. The van der Waals surface area contributed by atoms with E-state index in [-0.39, 0.29) is 17.4 Å². The fraction of sp³-hybridized carbons (Fsp3) is 0.364. The Morgan fingerprint density at radius 2 is 2.32 bits per heavy atom. The summed E-state index contributed by atoms with van der Waals surface area (Å²) in [5.41, 5.74) is -0.477. The number of nitrogens with zero attached hydrogens (tertiary/aromatic N) is 1. The van der Waals surface area contributed by atoms with E-state index in [9.17, 15) is 19.3 Å². The minimum atomic E-state index is -0.855. The number of ether oxygens (including phenoxy) is 1. The maximum absolute atomic E-state index is 13.5. The highest BCUT2D eigenvalue weighted by atomic mass is 19.1. The Hall–Kier alpha value is -2.22. The summed E-state index contributed by atoms with van der Waals surface area (Å²) in [6.45, 7) is 1.01. The zero-order chi connectivity index (χ0) is 13.8. The maximum atomic E-state index is 13.5. The van der Waals surface area contributed by atoms with Gasteiger partial charge in [-0.05, 0) is 12.5 Å². The van der Waals surface area contributed by atoms with E-state index in [1.165, 1.54) is 0 Å². The van der Waals surface area contributed by atoms with Crippen LogP contribution < -0.4 is 10.6 Å². The molecule has 1 atom stereocenters. The maximum Gasteiger partial charge on any atom is 0.319 e. The third-order valence-electron chi connectivity index (χ3n) is 2.68. The molecular weight excluding hydrogens is 257 g/mol. The summed E-state index contributed by atoms with van der Waals surface area (Å²) in [7, 11) is 0. The van der Waals surface area contributed by atoms with Crippen molar-refractivity contribution in [2.75, 3.05) is 18.5 Å². The second-order valence-corrected chi connectivity index (χ2v) is 4.08. The van der Waals surface area contributed by atoms with Crippen molar-refractivity contribution in [2.45, 2.75) is 12.5 Å². The standard InChI is InChI=1S/C11H12FN3O4/c12-9-5-8(15(17)18)1-2-10(9)14-11(16)13-7-3-4-19-6-7/h1-2,5,7H,3-4,6H2,(H2,13,14,16). The first-order chi connectivity index (χ1) is 9.06. The van der Waals surface area contributed by atoms with Gasteiger partial charge < -0.3 is 15.4 Å². The highest BCUT2D eigenvalue weighted by Gasteiger charge is 2.19. The largest absolute Gasteiger partial charge is 0.379 e. The van der Waals surface area contributed by atoms with Gasteiger partial charge in [0.2, 0.25) is 0 Å². The number of hydrogen-bond donors (Lipinski definition) is 2. The number of amides is 2. The van der Waals surface area contributed by atoms with Crippen molar-refractivity contribution < 1.29 is 18.8 Å². The number of urea groups is 1. The Morgan fingerprint density at radius 3 is 2.89 bits per heavy atom. The number of nitrogens with one attached hydrogen (secondary N) is 2. The van der Waals surface area contributed by atoms with Crippen molar-refractivity contribution >= 4 is 17.4 Å². The Kier molecular flexibility index (Phi) is 3.91. The van der Waals surface area contributed by atoms with Gasteiger partial charge >= 0.3 is 6.03 Å². The molecule has 1 aliphatic heterocycles. The summed E-state index contributed by atoms with van der Waals surface area (Å²) in [5, 5.41) is 15.4. The lowest BCUT2D eigenvalue weighted by molar-refractivity contribution is -0.385. The topological polar surface area (TPSA) is 93.5 Å². The van der Waals surface area contributed by atoms with E-state index in [0.717, 1.165) is 18.2 Å². The third kappa shape index (κ3) is 3.38. The number of rotatable bonds is 3. The van der Waals surface area contributed by atoms with Crippen molar-refractivity contribution in [2.24, 2.45) is 0 Å². The molecule has 2 N–H and O–H groups in total. The predicted molar refractivity (Wildman–Crippen MR) is 64.4 cm³/mol. The van der Waals surface area contributed by atoms with E-state index in [4.69, 9.17) is 4.74 Å². The number of carbonyl (C=O) groups excluding carboxylic acids is 1. The summed E-state index contributed by atoms with van der Waals surface area (Å²) in [6, 6.07) is 2.37. The molecular formula is C11H12FN3O4. The molecule has 0 bridgehead atoms. The first-order valence-electron chi connectivity index (χ1n) is 5.65. The molecule has 102 valence electrons. The summed E-state index contributed by atoms with van der Waals surface area (Å²) >= 11 is 0. The summed E-state index contributed by atoms with van der Waals surface area (Å²) < 4.78 is 18.6. The molecule has 19 heavy (non-hydrogen) atoms. The fourth-order valence-electron chi connectivity index (χ4n) is 1.71. The van der Waals surface area contributed by atoms with E-state index in [0.29, 0.717) is 19.6 Å². The van der Waals surface area contributed by atoms with Gasteiger partial charge in [-0.1, -0.05) is 0 Å². The molecule has 1 heterocycles. The van der Waals surface area contributed by atoms with Crippen LogP contribution in [0.15, 0.2) is 18.2 Å². The van der Waals surface area contributed by atoms with Crippen molar-refractivity contribution in [3.63, 3.8) is 0 Å². The number of nitro benzene ring substituents is 1. The van der Waals surface area contributed by atoms with E-state index in [1.807, 2.05) is 0 Å². The van der Waals surface area contributed by atoms with Crippen LogP contribution in [0.3, 0.4) is 0 Å². The van der Waals surface area contributed by atoms with Crippen LogP contribution in [0.25, 0.3) is 0 Å². The van der Waals surface area contributed by atoms with E-state index in [1.54, 1.807) is 0 Å². The highest BCUT2D eigenvalue weighted by molar-refractivity contribution is 5.89. The zero-order valence-corrected chi connectivity index (χ0v) is 9.89. The molecule has 7 nitrogen and oxygen atoms in total. The number of non-ortho nitro benzene ring substituents is 1. The van der Waals surface area contributed by atoms with Crippen molar-refractivity contribution in [1.82, 2.24) is 5.32 Å². The zero-order valence-electron chi connectivity index (χ0n) is 9.89. The first-order valence-corrected chi connectivity index (χ1v) is 5.65. The van der Waals surface area contributed by atoms with Crippen LogP contribution in [0.1, 0.15) is 6.42 Å². The molecule has 1 unspecified atom stereocenters. The number of hydrogen-bond acceptors (Lipinski definition) is 4. The second kappa shape index (κ2) is 5.61. The fourth-order valence-corrected chi connectivity index (χ4v) is 1.71. The molecule has 1 aromatic rings. The van der Waals surface area contributed by atoms with Crippen LogP contribution in [-0.4, -0.2) is 30.2 Å². The van der Waals surface area contributed by atoms with Crippen molar-refractivity contribution in [3.8, 4) is 0 Å². The Bertz CT molecular complexity index is 503. The predicted octanol–water partition coefficient (Wildman–Crippen LogP) is 1.64. The van der Waals surface area contributed by atoms with Gasteiger partial charge in [0.25, 0.3) is 5.69 Å². The van der Waals surface area contributed by atoms with E-state index < -0.39 is 16.8 Å². The molecule has 1 fully saturated rings. The van der Waals surface area contributed by atoms with Gasteiger partial charge in [-0.2, -0.15) is 0 Å². The molecule has 0 saturated carbocycles. The summed E-state index contributed by atoms with van der Waals surface area (Å²) in [6.07, 6.45) is 0.705. The number of nitro groups is 1. The number of anilines is 1. The molecule has 0 spiro atoms. The highest BCUT2D eigenvalue weighted by Crippen LogP contribution is 2.20. The molecule has 2 rings (SSSR count). The molecule has 2 amide bonds. The molecule has 0 aliphatic carbocycles. The van der Waals surface area contributed by atoms with Crippen LogP contribution in [0.2, 0.25) is 0 Å². The van der Waals surface area contributed by atoms with Gasteiger partial charge in [0.1, 0.15) is 0 Å². The molecule has 1 saturated heterocycles. The van der Waals surface area contributed by atoms with Crippen LogP contribution in [0, 0.1) is 15.9 Å². The quantitative estimate of drug-likeness (QED) is 0.644. The lowest BCUT2D eigenvalue weighted by Crippen LogP contribution is -2.38. The van der Waals surface area contributed by atoms with Gasteiger partial charge in [0.15, 0.2) is 5.82 Å². The van der Waals surface area contributed by atoms with Crippen molar-refractivity contribution in [1.29, 1.82) is 0 Å². The Labute approximate surface area is 107 Å². The lowest BCUT2D eigenvalue weighted by Gasteiger charge is -2.12. The number of halogens is 1. The van der Waals surface area contributed by atoms with Crippen molar-refractivity contribution in [3.05, 3.63) is 34.1 Å². The minimum absolute atomic E-state index is 0.0962. The van der Waals surface area contributed by atoms with Gasteiger partial charge in [-0.3, -0.25) is 10.1 Å². The van der Waals surface area contributed by atoms with Gasteiger partial charge in [-0.15, -0.1) is 0 Å². The molecule has 8 heteroatoms. The number of carbonyl (C=O) groups is 1. The number of benzene rings is 1. The van der Waals surface area contributed by atoms with Crippen LogP contribution >= 0.6 is 0 Å². The molecule has 0 radical (unpaired) electrons. The first kappa shape index (κ1) is 13.2. The SMILES string of the molecule is O=C(Nc1ccc([N+](=O)[O-])cc1F)NC1CCOC1. The average molecular weight is 269 g/mol. The summed E-state index contributed by atoms with van der Waals surface area (Å²) in [5.74, 6) is -0.855. The molecule has 1 aromatic carbocycles. The van der Waals surface area contributed by atoms with Gasteiger partial charge in [-0.25, -0.2) is 9.18 Å². The van der Waals surface area contributed by atoms with Crippen LogP contribution in [-0.2, 0) is 4.74 Å². The smallest absolute Gasteiger partial charge is 0.319 e. The molecule has 0 aromatic heterocycles. The van der Waals surface area contributed by atoms with Crippen LogP contribution in [0.4, 0.5) is 20.6 Å². The van der Waals surface area contributed by atoms with E-state index >= 15 is 0 Å². The van der Waals surface area contributed by atoms with Gasteiger partial charge in [0.05, 0.1) is 29.3 Å². The Balaban J connectivity index is 1.98. The van der Waals surface area contributed by atoms with E-state index in [2.05, 4.69) is 10.6 Å². The summed E-state index contributed by atoms with van der Waals surface area (Å²) in [4.78, 5) is 21.3. The normalized spacial score (nSPS) is 18.1. The second-order valence-electron chi connectivity index (χ2n) is 4.08. The third-order valence-corrected chi connectivity index (χ3v) is 2.68. The van der Waals surface area contributed by atoms with Gasteiger partial charge in [0, 0.05) is 12.7 Å². The molecule has 1 aliphatic rings. The average Bonchev–Trinajstić information content (AvgIpc) is 2.84. The van der Waals surface area contributed by atoms with Crippen LogP contribution in [0.5, 0.6) is 0 Å². The Morgan fingerprint density at radius 1 is 1.53 bits per heavy atom. The minimum Gasteiger partial charge on any atom is -0.379 e.